The first kappa shape index (κ1) is 10.2. The number of fused-ring (bicyclic) bond motifs is 1. The number of hydrogen-bond acceptors (Lipinski definition) is 3. The molecule has 1 aromatic carbocycles. The summed E-state index contributed by atoms with van der Waals surface area (Å²) in [5.41, 5.74) is 3.12. The Labute approximate surface area is 97.1 Å². The summed E-state index contributed by atoms with van der Waals surface area (Å²) in [4.78, 5) is 10.9. The SMILES string of the molecule is O=Cc1nn(-c2ccc(F)cc2)c2c1CNC2. The minimum Gasteiger partial charge on any atom is -0.307 e. The van der Waals surface area contributed by atoms with Crippen molar-refractivity contribution in [1.29, 1.82) is 0 Å². The minimum atomic E-state index is -0.286. The number of rotatable bonds is 2. The molecule has 1 aromatic heterocycles. The van der Waals surface area contributed by atoms with Gasteiger partial charge in [-0.3, -0.25) is 4.79 Å². The highest BCUT2D eigenvalue weighted by atomic mass is 19.1. The lowest BCUT2D eigenvalue weighted by Gasteiger charge is -2.04. The lowest BCUT2D eigenvalue weighted by atomic mass is 10.2. The molecule has 3 rings (SSSR count). The quantitative estimate of drug-likeness (QED) is 0.795. The van der Waals surface area contributed by atoms with Gasteiger partial charge in [-0.15, -0.1) is 0 Å². The number of hydrogen-bond donors (Lipinski definition) is 1. The first-order chi connectivity index (χ1) is 8.29. The van der Waals surface area contributed by atoms with E-state index in [0.717, 1.165) is 23.2 Å². The fraction of sp³-hybridized carbons (Fsp3) is 0.167. The first-order valence-electron chi connectivity index (χ1n) is 5.32. The van der Waals surface area contributed by atoms with Gasteiger partial charge in [0.15, 0.2) is 6.29 Å². The van der Waals surface area contributed by atoms with Crippen LogP contribution in [0.3, 0.4) is 0 Å². The summed E-state index contributed by atoms with van der Waals surface area (Å²) < 4.78 is 14.5. The zero-order valence-electron chi connectivity index (χ0n) is 8.98. The number of nitrogens with one attached hydrogen (secondary N) is 1. The van der Waals surface area contributed by atoms with Crippen molar-refractivity contribution in [3.63, 3.8) is 0 Å². The molecule has 0 saturated heterocycles. The zero-order valence-corrected chi connectivity index (χ0v) is 8.98. The second kappa shape index (κ2) is 3.78. The highest BCUT2D eigenvalue weighted by molar-refractivity contribution is 5.75. The predicted octanol–water partition coefficient (Wildman–Crippen LogP) is 1.43. The van der Waals surface area contributed by atoms with Gasteiger partial charge in [0.1, 0.15) is 11.5 Å². The van der Waals surface area contributed by atoms with Crippen molar-refractivity contribution in [3.05, 3.63) is 47.0 Å². The molecule has 2 aromatic rings. The van der Waals surface area contributed by atoms with Crippen LogP contribution in [0, 0.1) is 5.82 Å². The van der Waals surface area contributed by atoms with Crippen LogP contribution in [0.25, 0.3) is 5.69 Å². The molecule has 1 aliphatic rings. The molecule has 86 valence electrons. The van der Waals surface area contributed by atoms with Gasteiger partial charge < -0.3 is 5.32 Å². The molecular formula is C12H10FN3O. The Morgan fingerprint density at radius 1 is 1.29 bits per heavy atom. The van der Waals surface area contributed by atoms with Crippen LogP contribution in [0.5, 0.6) is 0 Å². The van der Waals surface area contributed by atoms with E-state index in [4.69, 9.17) is 0 Å². The molecule has 0 radical (unpaired) electrons. The molecule has 2 heterocycles. The molecule has 0 amide bonds. The van der Waals surface area contributed by atoms with Crippen LogP contribution in [0.2, 0.25) is 0 Å². The summed E-state index contributed by atoms with van der Waals surface area (Å²) >= 11 is 0. The fourth-order valence-electron chi connectivity index (χ4n) is 2.07. The van der Waals surface area contributed by atoms with E-state index in [-0.39, 0.29) is 5.82 Å². The van der Waals surface area contributed by atoms with Crippen molar-refractivity contribution in [2.45, 2.75) is 13.1 Å². The summed E-state index contributed by atoms with van der Waals surface area (Å²) in [6.45, 7) is 1.33. The van der Waals surface area contributed by atoms with Gasteiger partial charge in [-0.1, -0.05) is 0 Å². The average Bonchev–Trinajstić information content (AvgIpc) is 2.91. The number of nitrogens with zero attached hydrogens (tertiary/aromatic N) is 2. The molecule has 17 heavy (non-hydrogen) atoms. The molecule has 4 nitrogen and oxygen atoms in total. The summed E-state index contributed by atoms with van der Waals surface area (Å²) in [6, 6.07) is 6.06. The number of benzene rings is 1. The molecule has 0 bridgehead atoms. The Morgan fingerprint density at radius 3 is 2.76 bits per heavy atom. The van der Waals surface area contributed by atoms with Crippen LogP contribution in [-0.4, -0.2) is 16.1 Å². The average molecular weight is 231 g/mol. The van der Waals surface area contributed by atoms with Gasteiger partial charge in [-0.05, 0) is 24.3 Å². The summed E-state index contributed by atoms with van der Waals surface area (Å²) in [5.74, 6) is -0.286. The molecule has 1 N–H and O–H groups in total. The van der Waals surface area contributed by atoms with Gasteiger partial charge in [0.05, 0.1) is 11.4 Å². The second-order valence-corrected chi connectivity index (χ2v) is 3.92. The Hall–Kier alpha value is -2.01. The molecule has 0 unspecified atom stereocenters. The Bertz CT molecular complexity index is 574. The smallest absolute Gasteiger partial charge is 0.170 e. The molecular weight excluding hydrogens is 221 g/mol. The highest BCUT2D eigenvalue weighted by Crippen LogP contribution is 2.22. The molecule has 0 spiro atoms. The Balaban J connectivity index is 2.15. The van der Waals surface area contributed by atoms with Crippen molar-refractivity contribution >= 4 is 6.29 Å². The highest BCUT2D eigenvalue weighted by Gasteiger charge is 2.22. The van der Waals surface area contributed by atoms with Crippen molar-refractivity contribution in [3.8, 4) is 5.69 Å². The van der Waals surface area contributed by atoms with Crippen LogP contribution >= 0.6 is 0 Å². The minimum absolute atomic E-state index is 0.286. The van der Waals surface area contributed by atoms with E-state index < -0.39 is 0 Å². The predicted molar refractivity (Wildman–Crippen MR) is 59.5 cm³/mol. The van der Waals surface area contributed by atoms with E-state index in [1.54, 1.807) is 16.8 Å². The third-order valence-electron chi connectivity index (χ3n) is 2.90. The molecule has 5 heteroatoms. The van der Waals surface area contributed by atoms with Crippen LogP contribution < -0.4 is 5.32 Å². The number of halogens is 1. The van der Waals surface area contributed by atoms with Crippen molar-refractivity contribution in [1.82, 2.24) is 15.1 Å². The third-order valence-corrected chi connectivity index (χ3v) is 2.90. The van der Waals surface area contributed by atoms with E-state index in [2.05, 4.69) is 10.4 Å². The molecule has 0 aliphatic carbocycles. The topological polar surface area (TPSA) is 46.9 Å². The van der Waals surface area contributed by atoms with Gasteiger partial charge in [0.2, 0.25) is 0 Å². The number of aldehydes is 1. The van der Waals surface area contributed by atoms with Gasteiger partial charge in [-0.2, -0.15) is 5.10 Å². The molecule has 0 fully saturated rings. The standard InChI is InChI=1S/C12H10FN3O/c13-8-1-3-9(4-2-8)16-12-6-14-5-10(12)11(7-17)15-16/h1-4,7,14H,5-6H2. The van der Waals surface area contributed by atoms with Crippen molar-refractivity contribution < 1.29 is 9.18 Å². The van der Waals surface area contributed by atoms with Crippen molar-refractivity contribution in [2.24, 2.45) is 0 Å². The number of aromatic nitrogens is 2. The molecule has 0 atom stereocenters. The van der Waals surface area contributed by atoms with Gasteiger partial charge in [0, 0.05) is 18.7 Å². The fourth-order valence-corrected chi connectivity index (χ4v) is 2.07. The van der Waals surface area contributed by atoms with Gasteiger partial charge in [-0.25, -0.2) is 9.07 Å². The maximum Gasteiger partial charge on any atom is 0.170 e. The first-order valence-corrected chi connectivity index (χ1v) is 5.32. The number of carbonyl (C=O) groups excluding carboxylic acids is 1. The van der Waals surface area contributed by atoms with Crippen LogP contribution in [-0.2, 0) is 13.1 Å². The van der Waals surface area contributed by atoms with Crippen LogP contribution in [0.15, 0.2) is 24.3 Å². The van der Waals surface area contributed by atoms with E-state index >= 15 is 0 Å². The monoisotopic (exact) mass is 231 g/mol. The zero-order chi connectivity index (χ0) is 11.8. The summed E-state index contributed by atoms with van der Waals surface area (Å²) in [6.07, 6.45) is 0.756. The summed E-state index contributed by atoms with van der Waals surface area (Å²) in [5, 5.41) is 7.41. The van der Waals surface area contributed by atoms with Gasteiger partial charge >= 0.3 is 0 Å². The van der Waals surface area contributed by atoms with Crippen LogP contribution in [0.4, 0.5) is 4.39 Å². The lowest BCUT2D eigenvalue weighted by molar-refractivity contribution is 0.111. The lowest BCUT2D eigenvalue weighted by Crippen LogP contribution is -2.08. The van der Waals surface area contributed by atoms with E-state index in [0.29, 0.717) is 18.8 Å². The van der Waals surface area contributed by atoms with Crippen LogP contribution in [0.1, 0.15) is 21.7 Å². The van der Waals surface area contributed by atoms with E-state index in [1.165, 1.54) is 12.1 Å². The van der Waals surface area contributed by atoms with Gasteiger partial charge in [0.25, 0.3) is 0 Å². The van der Waals surface area contributed by atoms with Crippen molar-refractivity contribution in [2.75, 3.05) is 0 Å². The second-order valence-electron chi connectivity index (χ2n) is 3.92. The maximum atomic E-state index is 12.8. The maximum absolute atomic E-state index is 12.8. The van der Waals surface area contributed by atoms with E-state index in [9.17, 15) is 9.18 Å². The normalized spacial score (nSPS) is 13.7. The molecule has 0 saturated carbocycles. The third kappa shape index (κ3) is 1.55. The Kier molecular flexibility index (Phi) is 2.26. The number of carbonyl (C=O) groups is 1. The van der Waals surface area contributed by atoms with E-state index in [1.807, 2.05) is 0 Å². The Morgan fingerprint density at radius 2 is 2.06 bits per heavy atom. The largest absolute Gasteiger partial charge is 0.307 e. The summed E-state index contributed by atoms with van der Waals surface area (Å²) in [7, 11) is 0. The molecule has 1 aliphatic heterocycles.